The van der Waals surface area contributed by atoms with Crippen LogP contribution in [0.4, 0.5) is 0 Å². The number of aryl methyl sites for hydroxylation is 1. The monoisotopic (exact) mass is 488 g/mol. The predicted octanol–water partition coefficient (Wildman–Crippen LogP) is 5.21. The third-order valence-electron chi connectivity index (χ3n) is 6.41. The van der Waals surface area contributed by atoms with Gasteiger partial charge in [-0.25, -0.2) is 9.67 Å². The molecule has 0 radical (unpaired) electrons. The average Bonchev–Trinajstić information content (AvgIpc) is 3.30. The number of ether oxygens (including phenoxy) is 1. The van der Waals surface area contributed by atoms with Gasteiger partial charge in [-0.15, -0.1) is 0 Å². The van der Waals surface area contributed by atoms with E-state index in [0.717, 1.165) is 5.56 Å². The fraction of sp³-hybridized carbons (Fsp3) is 0.259. The first-order valence-electron chi connectivity index (χ1n) is 11.3. The molecule has 178 valence electrons. The van der Waals surface area contributed by atoms with Crippen molar-refractivity contribution in [3.05, 3.63) is 87.1 Å². The summed E-state index contributed by atoms with van der Waals surface area (Å²) in [6.45, 7) is 6.00. The minimum atomic E-state index is -0.271. The molecule has 0 saturated heterocycles. The standard InChI is InChI=1S/C27H25ClN4O3/c1-16-5-6-18(11-22(16)28)32-25(29-15-30-32)21-12-20-23(13-27(2,3)14-24(20)33)31(26(21)34)17-7-9-19(35-4)10-8-17/h5-12,15H,13-14H2,1-4H3. The Hall–Kier alpha value is -3.71. The zero-order valence-corrected chi connectivity index (χ0v) is 20.8. The molecule has 0 spiro atoms. The van der Waals surface area contributed by atoms with Crippen LogP contribution in [0.2, 0.25) is 5.02 Å². The van der Waals surface area contributed by atoms with Crippen molar-refractivity contribution in [2.75, 3.05) is 7.11 Å². The molecule has 2 aromatic heterocycles. The molecule has 35 heavy (non-hydrogen) atoms. The molecule has 8 heteroatoms. The Labute approximate surface area is 208 Å². The van der Waals surface area contributed by atoms with Gasteiger partial charge in [-0.05, 0) is 66.8 Å². The summed E-state index contributed by atoms with van der Waals surface area (Å²) in [5, 5.41) is 4.94. The van der Waals surface area contributed by atoms with E-state index in [1.807, 2.05) is 45.0 Å². The molecule has 5 rings (SSSR count). The van der Waals surface area contributed by atoms with Crippen LogP contribution in [-0.2, 0) is 6.42 Å². The highest BCUT2D eigenvalue weighted by Crippen LogP contribution is 2.36. The number of Topliss-reactive ketones (excluding diaryl/α,β-unsaturated/α-hetero) is 1. The maximum atomic E-state index is 14.0. The van der Waals surface area contributed by atoms with Crippen LogP contribution in [-0.4, -0.2) is 32.2 Å². The minimum Gasteiger partial charge on any atom is -0.497 e. The number of nitrogens with zero attached hydrogens (tertiary/aromatic N) is 4. The van der Waals surface area contributed by atoms with Crippen molar-refractivity contribution in [3.8, 4) is 28.5 Å². The second-order valence-electron chi connectivity index (χ2n) is 9.63. The molecule has 0 N–H and O–H groups in total. The molecule has 0 aliphatic heterocycles. The van der Waals surface area contributed by atoms with Crippen molar-refractivity contribution in [1.29, 1.82) is 0 Å². The van der Waals surface area contributed by atoms with Crippen molar-refractivity contribution in [2.45, 2.75) is 33.6 Å². The summed E-state index contributed by atoms with van der Waals surface area (Å²) < 4.78 is 8.49. The first-order valence-corrected chi connectivity index (χ1v) is 11.7. The van der Waals surface area contributed by atoms with Gasteiger partial charge in [0.05, 0.1) is 18.4 Å². The zero-order chi connectivity index (χ0) is 24.9. The summed E-state index contributed by atoms with van der Waals surface area (Å²) in [6.07, 6.45) is 2.39. The lowest BCUT2D eigenvalue weighted by Gasteiger charge is -2.32. The molecule has 0 saturated carbocycles. The van der Waals surface area contributed by atoms with E-state index in [9.17, 15) is 9.59 Å². The number of aromatic nitrogens is 4. The first kappa shape index (κ1) is 23.1. The number of hydrogen-bond donors (Lipinski definition) is 0. The third kappa shape index (κ3) is 4.06. The van der Waals surface area contributed by atoms with Crippen LogP contribution in [0.15, 0.2) is 59.7 Å². The number of methoxy groups -OCH3 is 1. The van der Waals surface area contributed by atoms with Crippen LogP contribution in [0.5, 0.6) is 5.75 Å². The van der Waals surface area contributed by atoms with Crippen molar-refractivity contribution in [2.24, 2.45) is 5.41 Å². The third-order valence-corrected chi connectivity index (χ3v) is 6.81. The highest BCUT2D eigenvalue weighted by Gasteiger charge is 2.35. The topological polar surface area (TPSA) is 79.0 Å². The molecule has 1 aliphatic rings. The molecule has 0 amide bonds. The summed E-state index contributed by atoms with van der Waals surface area (Å²) in [5.41, 5.74) is 3.26. The van der Waals surface area contributed by atoms with Gasteiger partial charge in [0.1, 0.15) is 12.1 Å². The van der Waals surface area contributed by atoms with Crippen molar-refractivity contribution < 1.29 is 9.53 Å². The normalized spacial score (nSPS) is 14.6. The number of rotatable bonds is 4. The Morgan fingerprint density at radius 1 is 0.971 bits per heavy atom. The SMILES string of the molecule is COc1ccc(-n2c3c(cc(-c4ncnn4-c4ccc(C)c(Cl)c4)c2=O)C(=O)CC(C)(C)C3)cc1. The van der Waals surface area contributed by atoms with Gasteiger partial charge in [0.25, 0.3) is 5.56 Å². The van der Waals surface area contributed by atoms with Gasteiger partial charge < -0.3 is 4.74 Å². The highest BCUT2D eigenvalue weighted by molar-refractivity contribution is 6.31. The number of ketones is 1. The van der Waals surface area contributed by atoms with Gasteiger partial charge in [0.15, 0.2) is 11.6 Å². The van der Waals surface area contributed by atoms with Crippen LogP contribution in [0, 0.1) is 12.3 Å². The van der Waals surface area contributed by atoms with E-state index in [-0.39, 0.29) is 16.8 Å². The number of carbonyl (C=O) groups excluding carboxylic acids is 1. The summed E-state index contributed by atoms with van der Waals surface area (Å²) in [7, 11) is 1.59. The van der Waals surface area contributed by atoms with Crippen LogP contribution < -0.4 is 10.3 Å². The fourth-order valence-electron chi connectivity index (χ4n) is 4.61. The smallest absolute Gasteiger partial charge is 0.266 e. The fourth-order valence-corrected chi connectivity index (χ4v) is 4.78. The Morgan fingerprint density at radius 3 is 2.37 bits per heavy atom. The van der Waals surface area contributed by atoms with E-state index < -0.39 is 0 Å². The molecule has 7 nitrogen and oxygen atoms in total. The Balaban J connectivity index is 1.78. The lowest BCUT2D eigenvalue weighted by Crippen LogP contribution is -2.35. The maximum absolute atomic E-state index is 14.0. The molecule has 2 heterocycles. The molecule has 2 aromatic carbocycles. The Morgan fingerprint density at radius 2 is 1.69 bits per heavy atom. The van der Waals surface area contributed by atoms with Crippen molar-refractivity contribution >= 4 is 17.4 Å². The largest absolute Gasteiger partial charge is 0.497 e. The van der Waals surface area contributed by atoms with Crippen molar-refractivity contribution in [3.63, 3.8) is 0 Å². The van der Waals surface area contributed by atoms with E-state index in [1.165, 1.54) is 6.33 Å². The number of benzene rings is 2. The summed E-state index contributed by atoms with van der Waals surface area (Å²) in [4.78, 5) is 31.7. The van der Waals surface area contributed by atoms with E-state index in [4.69, 9.17) is 16.3 Å². The van der Waals surface area contributed by atoms with Gasteiger partial charge in [-0.2, -0.15) is 5.10 Å². The van der Waals surface area contributed by atoms with Crippen LogP contribution in [0.3, 0.4) is 0 Å². The number of fused-ring (bicyclic) bond motifs is 1. The van der Waals surface area contributed by atoms with E-state index in [1.54, 1.807) is 40.6 Å². The Bertz CT molecular complexity index is 1520. The molecular weight excluding hydrogens is 464 g/mol. The van der Waals surface area contributed by atoms with Crippen LogP contribution >= 0.6 is 11.6 Å². The lowest BCUT2D eigenvalue weighted by molar-refractivity contribution is 0.0909. The molecule has 0 atom stereocenters. The second-order valence-corrected chi connectivity index (χ2v) is 10.0. The van der Waals surface area contributed by atoms with Gasteiger partial charge in [0, 0.05) is 28.4 Å². The number of carbonyl (C=O) groups is 1. The number of halogens is 1. The summed E-state index contributed by atoms with van der Waals surface area (Å²) in [6, 6.07) is 14.4. The molecule has 1 aliphatic carbocycles. The first-order chi connectivity index (χ1) is 16.7. The molecule has 4 aromatic rings. The predicted molar refractivity (Wildman–Crippen MR) is 135 cm³/mol. The highest BCUT2D eigenvalue weighted by atomic mass is 35.5. The van der Waals surface area contributed by atoms with E-state index in [0.29, 0.717) is 57.6 Å². The van der Waals surface area contributed by atoms with E-state index >= 15 is 0 Å². The number of hydrogen-bond acceptors (Lipinski definition) is 5. The van der Waals surface area contributed by atoms with Gasteiger partial charge >= 0.3 is 0 Å². The van der Waals surface area contributed by atoms with Crippen molar-refractivity contribution in [1.82, 2.24) is 19.3 Å². The zero-order valence-electron chi connectivity index (χ0n) is 20.0. The molecule has 0 fully saturated rings. The second kappa shape index (κ2) is 8.50. The Kier molecular flexibility index (Phi) is 5.60. The average molecular weight is 489 g/mol. The molecule has 0 bridgehead atoms. The number of pyridine rings is 1. The van der Waals surface area contributed by atoms with Crippen LogP contribution in [0.1, 0.15) is 41.9 Å². The van der Waals surface area contributed by atoms with Gasteiger partial charge in [0.2, 0.25) is 0 Å². The minimum absolute atomic E-state index is 0.00390. The van der Waals surface area contributed by atoms with Gasteiger partial charge in [-0.3, -0.25) is 14.2 Å². The quantitative estimate of drug-likeness (QED) is 0.394. The van der Waals surface area contributed by atoms with Crippen LogP contribution in [0.25, 0.3) is 22.8 Å². The van der Waals surface area contributed by atoms with E-state index in [2.05, 4.69) is 10.1 Å². The summed E-state index contributed by atoms with van der Waals surface area (Å²) >= 11 is 6.35. The molecule has 0 unspecified atom stereocenters. The summed E-state index contributed by atoms with van der Waals surface area (Å²) in [5.74, 6) is 1.03. The maximum Gasteiger partial charge on any atom is 0.266 e. The molecular formula is C27H25ClN4O3. The van der Waals surface area contributed by atoms with Gasteiger partial charge in [-0.1, -0.05) is 31.5 Å². The lowest BCUT2D eigenvalue weighted by atomic mass is 9.75.